The van der Waals surface area contributed by atoms with Crippen LogP contribution in [0.1, 0.15) is 17.3 Å². The first-order valence-electron chi connectivity index (χ1n) is 12.7. The molecule has 0 radical (unpaired) electrons. The van der Waals surface area contributed by atoms with E-state index in [1.807, 2.05) is 6.07 Å². The summed E-state index contributed by atoms with van der Waals surface area (Å²) >= 11 is 0. The van der Waals surface area contributed by atoms with Crippen LogP contribution in [0.2, 0.25) is 0 Å². The Hall–Kier alpha value is -5.76. The zero-order valence-corrected chi connectivity index (χ0v) is 22.2. The Balaban J connectivity index is 1.26. The Kier molecular flexibility index (Phi) is 8.06. The van der Waals surface area contributed by atoms with Gasteiger partial charge in [0.2, 0.25) is 0 Å². The van der Waals surface area contributed by atoms with Crippen LogP contribution in [0.3, 0.4) is 0 Å². The summed E-state index contributed by atoms with van der Waals surface area (Å²) in [7, 11) is 0. The smallest absolute Gasteiger partial charge is 0.394 e. The number of nitriles is 1. The zero-order valence-electron chi connectivity index (χ0n) is 22.2. The van der Waals surface area contributed by atoms with E-state index in [1.165, 1.54) is 23.1 Å². The van der Waals surface area contributed by atoms with Crippen molar-refractivity contribution in [1.82, 2.24) is 14.8 Å². The largest absolute Gasteiger partial charge is 0.475 e. The highest BCUT2D eigenvalue weighted by molar-refractivity contribution is 6.06. The molecule has 4 aromatic carbocycles. The molecule has 0 fully saturated rings. The molecule has 1 heterocycles. The Bertz CT molecular complexity index is 1730. The van der Waals surface area contributed by atoms with Gasteiger partial charge in [-0.25, -0.2) is 9.67 Å². The lowest BCUT2D eigenvalue weighted by atomic mass is 10.1. The van der Waals surface area contributed by atoms with Gasteiger partial charge in [0.1, 0.15) is 23.9 Å². The molecule has 0 atom stereocenters. The van der Waals surface area contributed by atoms with E-state index in [9.17, 15) is 13.6 Å². The van der Waals surface area contributed by atoms with Gasteiger partial charge in [-0.3, -0.25) is 4.79 Å². The summed E-state index contributed by atoms with van der Waals surface area (Å²) in [5.41, 5.74) is 2.16. The van der Waals surface area contributed by atoms with Crippen molar-refractivity contribution in [1.29, 1.82) is 5.26 Å². The van der Waals surface area contributed by atoms with Crippen molar-refractivity contribution in [2.75, 3.05) is 11.9 Å². The van der Waals surface area contributed by atoms with Crippen LogP contribution in [-0.2, 0) is 0 Å². The molecule has 1 amide bonds. The zero-order chi connectivity index (χ0) is 29.5. The van der Waals surface area contributed by atoms with Gasteiger partial charge < -0.3 is 19.5 Å². The van der Waals surface area contributed by atoms with E-state index in [1.54, 1.807) is 84.9 Å². The van der Waals surface area contributed by atoms with Crippen molar-refractivity contribution in [3.8, 4) is 46.1 Å². The number of benzene rings is 4. The van der Waals surface area contributed by atoms with Gasteiger partial charge in [-0.1, -0.05) is 24.3 Å². The molecule has 0 aliphatic heterocycles. The van der Waals surface area contributed by atoms with Gasteiger partial charge in [-0.05, 0) is 72.8 Å². The molecule has 42 heavy (non-hydrogen) atoms. The van der Waals surface area contributed by atoms with E-state index in [0.29, 0.717) is 52.5 Å². The first-order valence-corrected chi connectivity index (χ1v) is 12.7. The van der Waals surface area contributed by atoms with Gasteiger partial charge >= 0.3 is 6.11 Å². The maximum atomic E-state index is 13.2. The first-order chi connectivity index (χ1) is 20.3. The van der Waals surface area contributed by atoms with Gasteiger partial charge in [-0.2, -0.15) is 14.0 Å². The maximum Gasteiger partial charge on any atom is 0.394 e. The summed E-state index contributed by atoms with van der Waals surface area (Å²) < 4.78 is 43.6. The summed E-state index contributed by atoms with van der Waals surface area (Å²) in [6.07, 6.45) is -1.76. The standard InChI is InChI=1S/C31H23F2N5O4/c1-31(32,33)42-24-16-14-23(15-17-24)38-20-35-29(37-38)21-10-12-22(13-11-21)36-30(39)25-6-2-3-7-26(25)41-28-9-5-4-8-27(28)40-19-18-34/h2-17,20H,19H2,1H3,(H,36,39). The van der Waals surface area contributed by atoms with E-state index < -0.39 is 6.11 Å². The van der Waals surface area contributed by atoms with Gasteiger partial charge in [0.05, 0.1) is 11.3 Å². The van der Waals surface area contributed by atoms with Gasteiger partial charge in [0, 0.05) is 18.2 Å². The quantitative estimate of drug-likeness (QED) is 0.196. The van der Waals surface area contributed by atoms with E-state index >= 15 is 0 Å². The number of halogens is 2. The molecule has 0 aliphatic rings. The normalized spacial score (nSPS) is 10.9. The lowest BCUT2D eigenvalue weighted by Gasteiger charge is -2.14. The number of aromatic nitrogens is 3. The molecule has 9 nitrogen and oxygen atoms in total. The fourth-order valence-corrected chi connectivity index (χ4v) is 3.92. The number of nitrogens with one attached hydrogen (secondary N) is 1. The average Bonchev–Trinajstić information content (AvgIpc) is 3.47. The highest BCUT2D eigenvalue weighted by Crippen LogP contribution is 2.33. The highest BCUT2D eigenvalue weighted by Gasteiger charge is 2.23. The number of carbonyl (C=O) groups is 1. The number of para-hydroxylation sites is 3. The van der Waals surface area contributed by atoms with Crippen molar-refractivity contribution < 1.29 is 27.8 Å². The lowest BCUT2D eigenvalue weighted by Crippen LogP contribution is -2.19. The van der Waals surface area contributed by atoms with Crippen molar-refractivity contribution in [2.45, 2.75) is 13.0 Å². The maximum absolute atomic E-state index is 13.2. The molecule has 1 aromatic heterocycles. The highest BCUT2D eigenvalue weighted by atomic mass is 19.3. The van der Waals surface area contributed by atoms with Crippen LogP contribution in [0, 0.1) is 11.3 Å². The number of alkyl halides is 2. The summed E-state index contributed by atoms with van der Waals surface area (Å²) in [5.74, 6) is 1.16. The Morgan fingerprint density at radius 1 is 0.929 bits per heavy atom. The summed E-state index contributed by atoms with van der Waals surface area (Å²) in [6, 6.07) is 28.6. The van der Waals surface area contributed by atoms with Crippen LogP contribution in [0.25, 0.3) is 17.1 Å². The molecule has 11 heteroatoms. The third-order valence-corrected chi connectivity index (χ3v) is 5.78. The van der Waals surface area contributed by atoms with Gasteiger partial charge in [-0.15, -0.1) is 5.10 Å². The molecule has 5 rings (SSSR count). The van der Waals surface area contributed by atoms with Crippen LogP contribution >= 0.6 is 0 Å². The van der Waals surface area contributed by atoms with Crippen molar-refractivity contribution in [3.05, 3.63) is 109 Å². The Morgan fingerprint density at radius 2 is 1.60 bits per heavy atom. The van der Waals surface area contributed by atoms with Crippen LogP contribution in [0.5, 0.6) is 23.0 Å². The van der Waals surface area contributed by atoms with Crippen LogP contribution in [0.15, 0.2) is 103 Å². The topological polar surface area (TPSA) is 111 Å². The second-order valence-corrected chi connectivity index (χ2v) is 8.94. The van der Waals surface area contributed by atoms with Gasteiger partial charge in [0.15, 0.2) is 23.9 Å². The van der Waals surface area contributed by atoms with E-state index in [4.69, 9.17) is 14.7 Å². The molecule has 0 saturated heterocycles. The number of carbonyl (C=O) groups excluding carboxylic acids is 1. The molecular formula is C31H23F2N5O4. The van der Waals surface area contributed by atoms with E-state index in [2.05, 4.69) is 20.1 Å². The molecule has 0 unspecified atom stereocenters. The van der Waals surface area contributed by atoms with E-state index in [-0.39, 0.29) is 18.3 Å². The van der Waals surface area contributed by atoms with Crippen LogP contribution in [-0.4, -0.2) is 33.4 Å². The minimum absolute atomic E-state index is 0.0350. The molecule has 5 aromatic rings. The Morgan fingerprint density at radius 3 is 2.29 bits per heavy atom. The third kappa shape index (κ3) is 6.86. The second-order valence-electron chi connectivity index (χ2n) is 8.94. The molecule has 0 saturated carbocycles. The number of amides is 1. The summed E-state index contributed by atoms with van der Waals surface area (Å²) in [5, 5.41) is 16.1. The molecule has 210 valence electrons. The number of nitrogens with zero attached hydrogens (tertiary/aromatic N) is 4. The molecular weight excluding hydrogens is 544 g/mol. The minimum Gasteiger partial charge on any atom is -0.475 e. The van der Waals surface area contributed by atoms with Crippen molar-refractivity contribution in [3.63, 3.8) is 0 Å². The van der Waals surface area contributed by atoms with Crippen LogP contribution < -0.4 is 19.5 Å². The summed E-state index contributed by atoms with van der Waals surface area (Å²) in [4.78, 5) is 17.5. The molecule has 0 aliphatic carbocycles. The monoisotopic (exact) mass is 567 g/mol. The van der Waals surface area contributed by atoms with Crippen molar-refractivity contribution >= 4 is 11.6 Å². The fourth-order valence-electron chi connectivity index (χ4n) is 3.92. The Labute approximate surface area is 239 Å². The fraction of sp³-hybridized carbons (Fsp3) is 0.0968. The lowest BCUT2D eigenvalue weighted by molar-refractivity contribution is -0.158. The second kappa shape index (κ2) is 12.2. The third-order valence-electron chi connectivity index (χ3n) is 5.78. The molecule has 1 N–H and O–H groups in total. The first kappa shape index (κ1) is 27.8. The molecule has 0 bridgehead atoms. The predicted octanol–water partition coefficient (Wildman–Crippen LogP) is 6.87. The number of ether oxygens (including phenoxy) is 3. The number of hydrogen-bond acceptors (Lipinski definition) is 7. The number of anilines is 1. The number of rotatable bonds is 10. The predicted molar refractivity (Wildman–Crippen MR) is 150 cm³/mol. The number of hydrogen-bond donors (Lipinski definition) is 1. The van der Waals surface area contributed by atoms with Crippen molar-refractivity contribution in [2.24, 2.45) is 0 Å². The molecule has 0 spiro atoms. The minimum atomic E-state index is -3.27. The van der Waals surface area contributed by atoms with Crippen LogP contribution in [0.4, 0.5) is 14.5 Å². The summed E-state index contributed by atoms with van der Waals surface area (Å²) in [6.45, 7) is 0.533. The van der Waals surface area contributed by atoms with Gasteiger partial charge in [0.25, 0.3) is 5.91 Å². The SMILES string of the molecule is CC(F)(F)Oc1ccc(-n2cnc(-c3ccc(NC(=O)c4ccccc4Oc4ccccc4OCC#N)cc3)n2)cc1. The van der Waals surface area contributed by atoms with E-state index in [0.717, 1.165) is 0 Å². The average molecular weight is 568 g/mol.